The molecule has 11 heteroatoms. The predicted octanol–water partition coefficient (Wildman–Crippen LogP) is 9.55. The Morgan fingerprint density at radius 3 is 1.33 bits per heavy atom. The lowest BCUT2D eigenvalue weighted by molar-refractivity contribution is -0.151. The van der Waals surface area contributed by atoms with Gasteiger partial charge < -0.3 is 30.7 Å². The average Bonchev–Trinajstić information content (AvgIpc) is 3.12. The van der Waals surface area contributed by atoms with Gasteiger partial charge in [-0.25, -0.2) is 4.79 Å². The third-order valence-electron chi connectivity index (χ3n) is 10.2. The van der Waals surface area contributed by atoms with Gasteiger partial charge in [0.25, 0.3) is 0 Å². The van der Waals surface area contributed by atoms with Crippen LogP contribution >= 0.6 is 0 Å². The van der Waals surface area contributed by atoms with Crippen LogP contribution < -0.4 is 10.6 Å². The van der Waals surface area contributed by atoms with Gasteiger partial charge in [-0.1, -0.05) is 168 Å². The van der Waals surface area contributed by atoms with Gasteiger partial charge >= 0.3 is 17.9 Å². The largest absolute Gasteiger partial charge is 0.481 e. The molecule has 4 atom stereocenters. The number of aliphatic hydroxyl groups is 1. The summed E-state index contributed by atoms with van der Waals surface area (Å²) in [6, 6.07) is -2.97. The molecule has 0 aliphatic carbocycles. The van der Waals surface area contributed by atoms with Crippen LogP contribution in [0.25, 0.3) is 0 Å². The quantitative estimate of drug-likeness (QED) is 0.0301. The first-order valence-corrected chi connectivity index (χ1v) is 21.9. The van der Waals surface area contributed by atoms with Gasteiger partial charge in [-0.05, 0) is 32.6 Å². The van der Waals surface area contributed by atoms with E-state index in [4.69, 9.17) is 9.84 Å². The van der Waals surface area contributed by atoms with Crippen molar-refractivity contribution in [2.45, 2.75) is 244 Å². The second kappa shape index (κ2) is 36.0. The van der Waals surface area contributed by atoms with Crippen LogP contribution in [0, 0.1) is 0 Å². The molecule has 0 rings (SSSR count). The fourth-order valence-corrected chi connectivity index (χ4v) is 6.76. The summed E-state index contributed by atoms with van der Waals surface area (Å²) in [6.07, 6.45) is 29.0. The predicted molar refractivity (Wildman–Crippen MR) is 215 cm³/mol. The molecule has 316 valence electrons. The van der Waals surface area contributed by atoms with Crippen molar-refractivity contribution in [1.29, 1.82) is 0 Å². The molecule has 0 heterocycles. The number of nitrogens with one attached hydrogen (secondary N) is 2. The van der Waals surface area contributed by atoms with Crippen LogP contribution in [-0.2, 0) is 28.7 Å². The molecule has 5 N–H and O–H groups in total. The van der Waals surface area contributed by atoms with E-state index in [-0.39, 0.29) is 25.2 Å². The lowest BCUT2D eigenvalue weighted by Crippen LogP contribution is -2.56. The van der Waals surface area contributed by atoms with Crippen molar-refractivity contribution < 1.29 is 44.0 Å². The van der Waals surface area contributed by atoms with Crippen LogP contribution in [0.5, 0.6) is 0 Å². The van der Waals surface area contributed by atoms with Crippen LogP contribution in [-0.4, -0.2) is 69.3 Å². The molecule has 0 aromatic heterocycles. The standard InChI is InChI=1S/C43H80N2O9/c1-4-6-8-10-12-14-16-18-20-22-24-26-28-30-36(54-40(50)31-29-27-25-23-21-19-17-15-13-11-9-7-5-2)34-38(47)45-41(35(3)46)42(51)44-37(43(52)53)32-33-39(48)49/h35-37,41,46H,4-34H2,1-3H3,(H,44,51)(H,45,47)(H,48,49)(H,52,53)/t35-,36?,37+,41+/m0/s1. The number of carboxylic acid groups (broad SMARTS) is 2. The molecule has 0 fully saturated rings. The molecular weight excluding hydrogens is 688 g/mol. The Morgan fingerprint density at radius 1 is 0.537 bits per heavy atom. The number of aliphatic carboxylic acids is 2. The molecule has 0 aliphatic heterocycles. The highest BCUT2D eigenvalue weighted by Crippen LogP contribution is 2.18. The molecule has 0 radical (unpaired) electrons. The summed E-state index contributed by atoms with van der Waals surface area (Å²) in [5, 5.41) is 33.3. The van der Waals surface area contributed by atoms with E-state index in [9.17, 15) is 34.2 Å². The number of amides is 2. The Bertz CT molecular complexity index is 975. The third-order valence-corrected chi connectivity index (χ3v) is 10.2. The number of aliphatic hydroxyl groups excluding tert-OH is 1. The molecule has 2 amide bonds. The van der Waals surface area contributed by atoms with Crippen molar-refractivity contribution in [2.75, 3.05) is 0 Å². The van der Waals surface area contributed by atoms with Crippen LogP contribution in [0.2, 0.25) is 0 Å². The zero-order valence-electron chi connectivity index (χ0n) is 34.5. The normalized spacial score (nSPS) is 13.5. The first-order valence-electron chi connectivity index (χ1n) is 21.9. The third kappa shape index (κ3) is 31.6. The van der Waals surface area contributed by atoms with E-state index in [1.807, 2.05) is 0 Å². The van der Waals surface area contributed by atoms with Gasteiger partial charge in [-0.15, -0.1) is 0 Å². The lowest BCUT2D eigenvalue weighted by Gasteiger charge is -2.24. The van der Waals surface area contributed by atoms with Crippen LogP contribution in [0.15, 0.2) is 0 Å². The summed E-state index contributed by atoms with van der Waals surface area (Å²) >= 11 is 0. The zero-order valence-corrected chi connectivity index (χ0v) is 34.5. The highest BCUT2D eigenvalue weighted by atomic mass is 16.5. The van der Waals surface area contributed by atoms with Gasteiger partial charge in [0, 0.05) is 12.8 Å². The van der Waals surface area contributed by atoms with E-state index in [0.29, 0.717) is 6.42 Å². The topological polar surface area (TPSA) is 179 Å². The van der Waals surface area contributed by atoms with Crippen LogP contribution in [0.1, 0.15) is 220 Å². The Balaban J connectivity index is 4.86. The number of esters is 1. The molecule has 0 aliphatic rings. The van der Waals surface area contributed by atoms with Gasteiger partial charge in [0.15, 0.2) is 0 Å². The molecule has 54 heavy (non-hydrogen) atoms. The molecule has 11 nitrogen and oxygen atoms in total. The Morgan fingerprint density at radius 2 is 0.944 bits per heavy atom. The van der Waals surface area contributed by atoms with E-state index in [1.165, 1.54) is 122 Å². The minimum atomic E-state index is -1.50. The number of carbonyl (C=O) groups is 5. The summed E-state index contributed by atoms with van der Waals surface area (Å²) in [6.45, 7) is 5.77. The van der Waals surface area contributed by atoms with Gasteiger partial charge in [0.2, 0.25) is 11.8 Å². The minimum absolute atomic E-state index is 0.194. The number of carboxylic acids is 2. The van der Waals surface area contributed by atoms with Gasteiger partial charge in [0.1, 0.15) is 18.2 Å². The molecule has 0 aromatic rings. The maximum atomic E-state index is 13.1. The van der Waals surface area contributed by atoms with Crippen molar-refractivity contribution in [3.63, 3.8) is 0 Å². The molecule has 0 aromatic carbocycles. The van der Waals surface area contributed by atoms with Crippen LogP contribution in [0.4, 0.5) is 0 Å². The van der Waals surface area contributed by atoms with E-state index in [2.05, 4.69) is 24.5 Å². The Labute approximate surface area is 327 Å². The summed E-state index contributed by atoms with van der Waals surface area (Å²) in [4.78, 5) is 61.3. The fourth-order valence-electron chi connectivity index (χ4n) is 6.76. The summed E-state index contributed by atoms with van der Waals surface area (Å²) in [5.74, 6) is -4.54. The van der Waals surface area contributed by atoms with E-state index in [1.54, 1.807) is 0 Å². The molecule has 1 unspecified atom stereocenters. The number of ether oxygens (including phenoxy) is 1. The summed E-state index contributed by atoms with van der Waals surface area (Å²) < 4.78 is 5.79. The van der Waals surface area contributed by atoms with Crippen molar-refractivity contribution >= 4 is 29.7 Å². The van der Waals surface area contributed by atoms with Crippen molar-refractivity contribution in [3.05, 3.63) is 0 Å². The number of hydrogen-bond donors (Lipinski definition) is 5. The maximum absolute atomic E-state index is 13.1. The molecule has 0 saturated heterocycles. The monoisotopic (exact) mass is 769 g/mol. The molecule has 0 spiro atoms. The van der Waals surface area contributed by atoms with E-state index >= 15 is 0 Å². The first kappa shape index (κ1) is 51.3. The fraction of sp³-hybridized carbons (Fsp3) is 0.884. The van der Waals surface area contributed by atoms with Gasteiger partial charge in [-0.2, -0.15) is 0 Å². The van der Waals surface area contributed by atoms with Gasteiger partial charge in [0.05, 0.1) is 12.5 Å². The Kier molecular flexibility index (Phi) is 34.2. The van der Waals surface area contributed by atoms with Crippen molar-refractivity contribution in [1.82, 2.24) is 10.6 Å². The molecular formula is C43H80N2O9. The number of carbonyl (C=O) groups excluding carboxylic acids is 3. The smallest absolute Gasteiger partial charge is 0.326 e. The van der Waals surface area contributed by atoms with E-state index in [0.717, 1.165) is 51.4 Å². The summed E-state index contributed by atoms with van der Waals surface area (Å²) in [7, 11) is 0. The highest BCUT2D eigenvalue weighted by molar-refractivity contribution is 5.91. The molecule has 0 bridgehead atoms. The number of rotatable bonds is 39. The number of unbranched alkanes of at least 4 members (excludes halogenated alkanes) is 24. The lowest BCUT2D eigenvalue weighted by atomic mass is 10.0. The molecule has 0 saturated carbocycles. The Hall–Kier alpha value is -2.69. The average molecular weight is 769 g/mol. The van der Waals surface area contributed by atoms with Gasteiger partial charge in [-0.3, -0.25) is 19.2 Å². The first-order chi connectivity index (χ1) is 26.0. The number of hydrogen-bond acceptors (Lipinski definition) is 7. The second-order valence-corrected chi connectivity index (χ2v) is 15.5. The van der Waals surface area contributed by atoms with Crippen molar-refractivity contribution in [2.24, 2.45) is 0 Å². The highest BCUT2D eigenvalue weighted by Gasteiger charge is 2.31. The van der Waals surface area contributed by atoms with Crippen LogP contribution in [0.3, 0.4) is 0 Å². The summed E-state index contributed by atoms with van der Waals surface area (Å²) in [5.41, 5.74) is 0. The van der Waals surface area contributed by atoms with E-state index < -0.39 is 54.5 Å². The maximum Gasteiger partial charge on any atom is 0.326 e. The zero-order chi connectivity index (χ0) is 40.2. The minimum Gasteiger partial charge on any atom is -0.481 e. The SMILES string of the molecule is CCCCCCCCCCCCCCCC(=O)OC(CCCCCCCCCCCCCCC)CC(=O)N[C@@H](C(=O)N[C@H](CCC(=O)O)C(=O)O)[C@H](C)O. The second-order valence-electron chi connectivity index (χ2n) is 15.5. The van der Waals surface area contributed by atoms with Crippen molar-refractivity contribution in [3.8, 4) is 0 Å².